The standard InChI is InChI=1S/C14H16/c1-9-6-7-13-12(8-9)10(2)11(3)14(13,4)5/h6-8H,2-3H2,1,4-5H3. The molecule has 0 N–H and O–H groups in total. The van der Waals surface area contributed by atoms with Crippen LogP contribution in [0.1, 0.15) is 30.5 Å². The third-order valence-electron chi connectivity index (χ3n) is 3.29. The van der Waals surface area contributed by atoms with E-state index in [4.69, 9.17) is 0 Å². The fraction of sp³-hybridized carbons (Fsp3) is 0.286. The molecule has 0 aromatic heterocycles. The van der Waals surface area contributed by atoms with Gasteiger partial charge in [0.15, 0.2) is 0 Å². The molecule has 0 saturated heterocycles. The maximum atomic E-state index is 4.13. The molecular formula is C14H16. The van der Waals surface area contributed by atoms with Crippen LogP contribution in [0.3, 0.4) is 0 Å². The van der Waals surface area contributed by atoms with Gasteiger partial charge in [0, 0.05) is 5.41 Å². The van der Waals surface area contributed by atoms with Crippen LogP contribution in [0.5, 0.6) is 0 Å². The molecule has 0 heterocycles. The second-order valence-corrected chi connectivity index (χ2v) is 4.63. The van der Waals surface area contributed by atoms with E-state index in [1.807, 2.05) is 0 Å². The van der Waals surface area contributed by atoms with E-state index in [1.165, 1.54) is 16.7 Å². The maximum absolute atomic E-state index is 4.13. The molecule has 0 atom stereocenters. The third-order valence-corrected chi connectivity index (χ3v) is 3.29. The molecule has 1 aromatic carbocycles. The Labute approximate surface area is 86.0 Å². The van der Waals surface area contributed by atoms with Gasteiger partial charge in [0.2, 0.25) is 0 Å². The quantitative estimate of drug-likeness (QED) is 0.574. The normalized spacial score (nSPS) is 18.5. The second-order valence-electron chi connectivity index (χ2n) is 4.63. The first kappa shape index (κ1) is 9.26. The van der Waals surface area contributed by atoms with Crippen molar-refractivity contribution in [2.24, 2.45) is 0 Å². The molecule has 0 fully saturated rings. The lowest BCUT2D eigenvalue weighted by atomic mass is 9.83. The summed E-state index contributed by atoms with van der Waals surface area (Å²) in [5.41, 5.74) is 6.24. The summed E-state index contributed by atoms with van der Waals surface area (Å²) in [6.07, 6.45) is 0. The number of benzene rings is 1. The van der Waals surface area contributed by atoms with E-state index in [0.29, 0.717) is 0 Å². The first-order chi connectivity index (χ1) is 6.44. The Kier molecular flexibility index (Phi) is 1.72. The number of allylic oxidation sites excluding steroid dienone is 2. The van der Waals surface area contributed by atoms with Gasteiger partial charge in [-0.05, 0) is 29.2 Å². The zero-order valence-corrected chi connectivity index (χ0v) is 9.15. The number of rotatable bonds is 0. The van der Waals surface area contributed by atoms with Crippen LogP contribution in [0.2, 0.25) is 0 Å². The van der Waals surface area contributed by atoms with Crippen molar-refractivity contribution >= 4 is 5.57 Å². The number of hydrogen-bond donors (Lipinski definition) is 0. The summed E-state index contributed by atoms with van der Waals surface area (Å²) in [7, 11) is 0. The third kappa shape index (κ3) is 1.00. The van der Waals surface area contributed by atoms with Crippen LogP contribution in [-0.4, -0.2) is 0 Å². The smallest absolute Gasteiger partial charge is 0.0152 e. The lowest BCUT2D eigenvalue weighted by Crippen LogP contribution is -2.14. The van der Waals surface area contributed by atoms with Gasteiger partial charge in [-0.2, -0.15) is 0 Å². The molecule has 72 valence electrons. The monoisotopic (exact) mass is 184 g/mol. The Bertz CT molecular complexity index is 433. The summed E-state index contributed by atoms with van der Waals surface area (Å²) in [4.78, 5) is 0. The number of aryl methyl sites for hydroxylation is 1. The summed E-state index contributed by atoms with van der Waals surface area (Å²) in [5, 5.41) is 0. The van der Waals surface area contributed by atoms with E-state index in [-0.39, 0.29) is 5.41 Å². The summed E-state index contributed by atoms with van der Waals surface area (Å²) >= 11 is 0. The van der Waals surface area contributed by atoms with Crippen molar-refractivity contribution in [3.05, 3.63) is 53.6 Å². The van der Waals surface area contributed by atoms with Gasteiger partial charge >= 0.3 is 0 Å². The zero-order chi connectivity index (χ0) is 10.5. The minimum Gasteiger partial charge on any atom is -0.0943 e. The minimum absolute atomic E-state index is 0.0557. The Hall–Kier alpha value is -1.30. The van der Waals surface area contributed by atoms with Crippen LogP contribution in [-0.2, 0) is 5.41 Å². The molecule has 1 aliphatic rings. The summed E-state index contributed by atoms with van der Waals surface area (Å²) in [6, 6.07) is 6.57. The van der Waals surface area contributed by atoms with Gasteiger partial charge in [-0.25, -0.2) is 0 Å². The zero-order valence-electron chi connectivity index (χ0n) is 9.15. The Balaban J connectivity index is 2.74. The molecule has 14 heavy (non-hydrogen) atoms. The van der Waals surface area contributed by atoms with Gasteiger partial charge in [0.25, 0.3) is 0 Å². The molecule has 0 nitrogen and oxygen atoms in total. The Morgan fingerprint density at radius 2 is 1.79 bits per heavy atom. The molecule has 0 unspecified atom stereocenters. The van der Waals surface area contributed by atoms with Crippen molar-refractivity contribution in [2.45, 2.75) is 26.2 Å². The highest BCUT2D eigenvalue weighted by molar-refractivity contribution is 5.87. The molecule has 1 aliphatic carbocycles. The van der Waals surface area contributed by atoms with Crippen LogP contribution in [0.25, 0.3) is 5.57 Å². The molecule has 0 amide bonds. The van der Waals surface area contributed by atoms with Crippen LogP contribution >= 0.6 is 0 Å². The van der Waals surface area contributed by atoms with Crippen molar-refractivity contribution in [1.29, 1.82) is 0 Å². The highest BCUT2D eigenvalue weighted by Gasteiger charge is 2.35. The second kappa shape index (κ2) is 2.60. The van der Waals surface area contributed by atoms with Crippen molar-refractivity contribution in [3.8, 4) is 0 Å². The van der Waals surface area contributed by atoms with E-state index in [2.05, 4.69) is 52.1 Å². The topological polar surface area (TPSA) is 0 Å². The molecule has 0 aliphatic heterocycles. The summed E-state index contributed by atoms with van der Waals surface area (Å²) in [6.45, 7) is 14.8. The highest BCUT2D eigenvalue weighted by Crippen LogP contribution is 2.47. The first-order valence-electron chi connectivity index (χ1n) is 4.95. The van der Waals surface area contributed by atoms with Crippen LogP contribution in [0.4, 0.5) is 0 Å². The van der Waals surface area contributed by atoms with E-state index in [0.717, 1.165) is 11.1 Å². The minimum atomic E-state index is 0.0557. The molecule has 0 bridgehead atoms. The average Bonchev–Trinajstić information content (AvgIpc) is 2.28. The SMILES string of the molecule is C=C1C(=C)C(C)(C)c2ccc(C)cc21. The molecule has 1 aromatic rings. The summed E-state index contributed by atoms with van der Waals surface area (Å²) < 4.78 is 0. The Morgan fingerprint density at radius 3 is 2.43 bits per heavy atom. The van der Waals surface area contributed by atoms with E-state index in [9.17, 15) is 0 Å². The van der Waals surface area contributed by atoms with Gasteiger partial charge in [-0.3, -0.25) is 0 Å². The van der Waals surface area contributed by atoms with Crippen molar-refractivity contribution in [3.63, 3.8) is 0 Å². The predicted octanol–water partition coefficient (Wildman–Crippen LogP) is 3.86. The molecular weight excluding hydrogens is 168 g/mol. The van der Waals surface area contributed by atoms with E-state index >= 15 is 0 Å². The lowest BCUT2D eigenvalue weighted by Gasteiger charge is -2.20. The largest absolute Gasteiger partial charge is 0.0943 e. The summed E-state index contributed by atoms with van der Waals surface area (Å²) in [5.74, 6) is 0. The lowest BCUT2D eigenvalue weighted by molar-refractivity contribution is 0.663. The van der Waals surface area contributed by atoms with Crippen molar-refractivity contribution in [2.75, 3.05) is 0 Å². The van der Waals surface area contributed by atoms with Crippen LogP contribution < -0.4 is 0 Å². The van der Waals surface area contributed by atoms with Gasteiger partial charge in [0.05, 0.1) is 0 Å². The predicted molar refractivity (Wildman–Crippen MR) is 62.4 cm³/mol. The molecule has 0 heteroatoms. The first-order valence-corrected chi connectivity index (χ1v) is 4.95. The van der Waals surface area contributed by atoms with Crippen LogP contribution in [0, 0.1) is 6.92 Å². The van der Waals surface area contributed by atoms with E-state index in [1.54, 1.807) is 0 Å². The molecule has 2 rings (SSSR count). The van der Waals surface area contributed by atoms with Crippen molar-refractivity contribution in [1.82, 2.24) is 0 Å². The highest BCUT2D eigenvalue weighted by atomic mass is 14.4. The molecule has 0 saturated carbocycles. The maximum Gasteiger partial charge on any atom is 0.0152 e. The number of fused-ring (bicyclic) bond motifs is 1. The van der Waals surface area contributed by atoms with Gasteiger partial charge in [-0.15, -0.1) is 0 Å². The Morgan fingerprint density at radius 1 is 1.14 bits per heavy atom. The van der Waals surface area contributed by atoms with Gasteiger partial charge < -0.3 is 0 Å². The van der Waals surface area contributed by atoms with Gasteiger partial charge in [0.1, 0.15) is 0 Å². The van der Waals surface area contributed by atoms with E-state index < -0.39 is 0 Å². The fourth-order valence-electron chi connectivity index (χ4n) is 2.16. The van der Waals surface area contributed by atoms with Crippen molar-refractivity contribution < 1.29 is 0 Å². The van der Waals surface area contributed by atoms with Crippen LogP contribution in [0.15, 0.2) is 36.9 Å². The fourth-order valence-corrected chi connectivity index (χ4v) is 2.16. The molecule has 0 radical (unpaired) electrons. The van der Waals surface area contributed by atoms with Gasteiger partial charge in [-0.1, -0.05) is 50.8 Å². The molecule has 0 spiro atoms. The average molecular weight is 184 g/mol. The number of hydrogen-bond acceptors (Lipinski definition) is 0.